The summed E-state index contributed by atoms with van der Waals surface area (Å²) in [6, 6.07) is 11.3. The number of hydrogen-bond acceptors (Lipinski definition) is 3. The molecule has 0 aromatic heterocycles. The van der Waals surface area contributed by atoms with Crippen LogP contribution in [0.3, 0.4) is 0 Å². The lowest BCUT2D eigenvalue weighted by atomic mass is 9.88. The molecule has 30 heavy (non-hydrogen) atoms. The molecule has 2 aromatic carbocycles. The molecular weight excluding hydrogens is 412 g/mol. The van der Waals surface area contributed by atoms with Crippen molar-refractivity contribution in [1.82, 2.24) is 4.90 Å². The third-order valence-electron chi connectivity index (χ3n) is 5.44. The number of carbonyl (C=O) groups is 1. The summed E-state index contributed by atoms with van der Waals surface area (Å²) in [5.41, 5.74) is -0.949. The molecule has 2 aromatic rings. The zero-order valence-corrected chi connectivity index (χ0v) is 17.8. The Bertz CT molecular complexity index is 869. The van der Waals surface area contributed by atoms with Crippen LogP contribution >= 0.6 is 11.6 Å². The van der Waals surface area contributed by atoms with E-state index in [0.717, 1.165) is 17.9 Å². The molecule has 1 fully saturated rings. The van der Waals surface area contributed by atoms with Crippen LogP contribution in [-0.4, -0.2) is 43.3 Å². The number of methoxy groups -OCH3 is 1. The summed E-state index contributed by atoms with van der Waals surface area (Å²) in [5.74, 6) is 0.659. The zero-order chi connectivity index (χ0) is 21.6. The summed E-state index contributed by atoms with van der Waals surface area (Å²) in [4.78, 5) is 14.2. The van der Waals surface area contributed by atoms with Crippen molar-refractivity contribution in [2.75, 3.05) is 26.8 Å². The van der Waals surface area contributed by atoms with Crippen molar-refractivity contribution in [1.29, 1.82) is 0 Å². The van der Waals surface area contributed by atoms with Crippen LogP contribution < -0.4 is 9.47 Å². The van der Waals surface area contributed by atoms with Crippen LogP contribution in [0, 0.1) is 5.82 Å². The molecule has 4 nitrogen and oxygen atoms in total. The molecule has 1 aliphatic heterocycles. The Morgan fingerprint density at radius 1 is 1.13 bits per heavy atom. The number of benzene rings is 2. The third-order valence-corrected chi connectivity index (χ3v) is 5.73. The Kier molecular flexibility index (Phi) is 7.53. The van der Waals surface area contributed by atoms with Gasteiger partial charge in [0.05, 0.1) is 18.7 Å². The van der Waals surface area contributed by atoms with Crippen molar-refractivity contribution in [3.63, 3.8) is 0 Å². The molecule has 7 heteroatoms. The summed E-state index contributed by atoms with van der Waals surface area (Å²) >= 11 is 5.76. The van der Waals surface area contributed by atoms with E-state index in [2.05, 4.69) is 0 Å². The number of nitrogens with zero attached hydrogens (tertiary/aromatic N) is 1. The van der Waals surface area contributed by atoms with Crippen molar-refractivity contribution in [3.8, 4) is 11.5 Å². The number of ether oxygens (including phenoxy) is 2. The van der Waals surface area contributed by atoms with Gasteiger partial charge in [-0.25, -0.2) is 8.78 Å². The number of hydrogen-bond donors (Lipinski definition) is 0. The Labute approximate surface area is 180 Å². The summed E-state index contributed by atoms with van der Waals surface area (Å²) in [5, 5.41) is -0.0890. The van der Waals surface area contributed by atoms with Gasteiger partial charge in [0.25, 0.3) is 5.91 Å². The van der Waals surface area contributed by atoms with Gasteiger partial charge in [0, 0.05) is 24.7 Å². The SMILES string of the molecule is COc1cccc(OCCCCC2(F)CCN(C(=O)c3ccc(F)c(Cl)c3)CC2)c1. The van der Waals surface area contributed by atoms with Crippen LogP contribution in [0.15, 0.2) is 42.5 Å². The molecule has 0 saturated carbocycles. The van der Waals surface area contributed by atoms with Gasteiger partial charge in [-0.2, -0.15) is 0 Å². The van der Waals surface area contributed by atoms with Gasteiger partial charge < -0.3 is 14.4 Å². The minimum Gasteiger partial charge on any atom is -0.497 e. The first-order chi connectivity index (χ1) is 14.4. The highest BCUT2D eigenvalue weighted by Crippen LogP contribution is 2.32. The van der Waals surface area contributed by atoms with Gasteiger partial charge in [-0.05, 0) is 62.4 Å². The highest BCUT2D eigenvalue weighted by molar-refractivity contribution is 6.31. The Morgan fingerprint density at radius 3 is 2.57 bits per heavy atom. The van der Waals surface area contributed by atoms with Crippen molar-refractivity contribution in [2.45, 2.75) is 37.8 Å². The van der Waals surface area contributed by atoms with Crippen molar-refractivity contribution in [2.24, 2.45) is 0 Å². The molecule has 0 unspecified atom stereocenters. The predicted octanol–water partition coefficient (Wildman–Crippen LogP) is 5.68. The van der Waals surface area contributed by atoms with Crippen LogP contribution in [0.5, 0.6) is 11.5 Å². The molecule has 1 amide bonds. The van der Waals surface area contributed by atoms with Crippen LogP contribution in [0.4, 0.5) is 8.78 Å². The number of carbonyl (C=O) groups excluding carboxylic acids is 1. The van der Waals surface area contributed by atoms with Gasteiger partial charge in [0.1, 0.15) is 23.0 Å². The van der Waals surface area contributed by atoms with Gasteiger partial charge in [0.2, 0.25) is 0 Å². The maximum absolute atomic E-state index is 15.1. The largest absolute Gasteiger partial charge is 0.497 e. The number of piperidine rings is 1. The Hall–Kier alpha value is -2.34. The second-order valence-electron chi connectivity index (χ2n) is 7.56. The molecule has 1 heterocycles. The minimum absolute atomic E-state index is 0.0890. The normalized spacial score (nSPS) is 15.7. The van der Waals surface area contributed by atoms with E-state index >= 15 is 4.39 Å². The summed E-state index contributed by atoms with van der Waals surface area (Å²) in [6.07, 6.45) is 2.50. The van der Waals surface area contributed by atoms with Gasteiger partial charge in [-0.3, -0.25) is 4.79 Å². The lowest BCUT2D eigenvalue weighted by molar-refractivity contribution is 0.0382. The predicted molar refractivity (Wildman–Crippen MR) is 113 cm³/mol. The number of alkyl halides is 1. The fourth-order valence-electron chi connectivity index (χ4n) is 3.60. The molecule has 0 bridgehead atoms. The fourth-order valence-corrected chi connectivity index (χ4v) is 3.78. The van der Waals surface area contributed by atoms with Crippen LogP contribution in [0.25, 0.3) is 0 Å². The molecular formula is C23H26ClF2NO3. The van der Waals surface area contributed by atoms with Gasteiger partial charge >= 0.3 is 0 Å². The second-order valence-corrected chi connectivity index (χ2v) is 7.96. The van der Waals surface area contributed by atoms with E-state index in [1.54, 1.807) is 12.0 Å². The summed E-state index contributed by atoms with van der Waals surface area (Å²) < 4.78 is 39.3. The highest BCUT2D eigenvalue weighted by Gasteiger charge is 2.35. The lowest BCUT2D eigenvalue weighted by Crippen LogP contribution is -2.44. The monoisotopic (exact) mass is 437 g/mol. The third kappa shape index (κ3) is 5.85. The smallest absolute Gasteiger partial charge is 0.253 e. The highest BCUT2D eigenvalue weighted by atomic mass is 35.5. The van der Waals surface area contributed by atoms with Gasteiger partial charge in [0.15, 0.2) is 0 Å². The molecule has 0 atom stereocenters. The van der Waals surface area contributed by atoms with E-state index in [-0.39, 0.29) is 10.9 Å². The average molecular weight is 438 g/mol. The van der Waals surface area contributed by atoms with Gasteiger partial charge in [-0.1, -0.05) is 17.7 Å². The van der Waals surface area contributed by atoms with E-state index in [9.17, 15) is 9.18 Å². The van der Waals surface area contributed by atoms with E-state index in [1.807, 2.05) is 24.3 Å². The summed E-state index contributed by atoms with van der Waals surface area (Å²) in [6.45, 7) is 1.19. The minimum atomic E-state index is -1.27. The van der Waals surface area contributed by atoms with E-state index in [4.69, 9.17) is 21.1 Å². The molecule has 1 aliphatic rings. The first-order valence-electron chi connectivity index (χ1n) is 10.1. The van der Waals surface area contributed by atoms with Crippen molar-refractivity contribution >= 4 is 17.5 Å². The molecule has 0 radical (unpaired) electrons. The number of likely N-dealkylation sites (tertiary alicyclic amines) is 1. The molecule has 0 aliphatic carbocycles. The number of unbranched alkanes of at least 4 members (excludes halogenated alkanes) is 1. The van der Waals surface area contributed by atoms with E-state index in [1.165, 1.54) is 18.2 Å². The van der Waals surface area contributed by atoms with Crippen molar-refractivity contribution in [3.05, 3.63) is 58.9 Å². The topological polar surface area (TPSA) is 38.8 Å². The van der Waals surface area contributed by atoms with Crippen LogP contribution in [0.2, 0.25) is 5.02 Å². The molecule has 1 saturated heterocycles. The Morgan fingerprint density at radius 2 is 1.87 bits per heavy atom. The average Bonchev–Trinajstić information content (AvgIpc) is 2.75. The Balaban J connectivity index is 1.40. The zero-order valence-electron chi connectivity index (χ0n) is 17.0. The van der Waals surface area contributed by atoms with Crippen molar-refractivity contribution < 1.29 is 23.0 Å². The fraction of sp³-hybridized carbons (Fsp3) is 0.435. The quantitative estimate of drug-likeness (QED) is 0.498. The van der Waals surface area contributed by atoms with Crippen LogP contribution in [-0.2, 0) is 0 Å². The molecule has 0 N–H and O–H groups in total. The standard InChI is InChI=1S/C23H26ClF2NO3/c1-29-18-5-4-6-19(16-18)30-14-3-2-9-23(26)10-12-27(13-11-23)22(28)17-7-8-21(25)20(24)15-17/h4-8,15-16H,2-3,9-14H2,1H3. The van der Waals surface area contributed by atoms with Gasteiger partial charge in [-0.15, -0.1) is 0 Å². The first kappa shape index (κ1) is 22.3. The number of rotatable bonds is 8. The summed E-state index contributed by atoms with van der Waals surface area (Å²) in [7, 11) is 1.60. The number of amides is 1. The molecule has 3 rings (SSSR count). The van der Waals surface area contributed by atoms with Crippen LogP contribution in [0.1, 0.15) is 42.5 Å². The first-order valence-corrected chi connectivity index (χ1v) is 10.5. The van der Waals surface area contributed by atoms with E-state index < -0.39 is 11.5 Å². The number of halogens is 3. The second kappa shape index (κ2) is 10.1. The maximum atomic E-state index is 15.1. The lowest BCUT2D eigenvalue weighted by Gasteiger charge is -2.36. The van der Waals surface area contributed by atoms with E-state index in [0.29, 0.717) is 50.9 Å². The molecule has 162 valence electrons. The molecule has 0 spiro atoms. The maximum Gasteiger partial charge on any atom is 0.253 e.